The highest BCUT2D eigenvalue weighted by molar-refractivity contribution is 7.10. The Morgan fingerprint density at radius 3 is 2.47 bits per heavy atom. The number of carbonyl (C=O) groups excluding carboxylic acids is 2. The van der Waals surface area contributed by atoms with E-state index in [-0.39, 0.29) is 30.3 Å². The lowest BCUT2D eigenvalue weighted by Gasteiger charge is -2.37. The van der Waals surface area contributed by atoms with Gasteiger partial charge in [0.15, 0.2) is 11.5 Å². The topological polar surface area (TPSA) is 68.3 Å². The largest absolute Gasteiger partial charge is 0.497 e. The Hall–Kier alpha value is -3.52. The molecule has 0 fully saturated rings. The summed E-state index contributed by atoms with van der Waals surface area (Å²) >= 11 is 1.71. The van der Waals surface area contributed by atoms with Gasteiger partial charge in [0.05, 0.1) is 20.3 Å². The second-order valence-corrected chi connectivity index (χ2v) is 10.5. The number of fused-ring (bicyclic) bond motifs is 1. The molecule has 1 aromatic heterocycles. The van der Waals surface area contributed by atoms with E-state index in [0.29, 0.717) is 42.5 Å². The monoisotopic (exact) mass is 536 g/mol. The first-order chi connectivity index (χ1) is 18.4. The van der Waals surface area contributed by atoms with Gasteiger partial charge in [-0.3, -0.25) is 9.59 Å². The predicted molar refractivity (Wildman–Crippen MR) is 149 cm³/mol. The van der Waals surface area contributed by atoms with Crippen molar-refractivity contribution in [3.63, 3.8) is 0 Å². The molecule has 2 heterocycles. The number of ether oxygens (including phenoxy) is 3. The van der Waals surface area contributed by atoms with Crippen LogP contribution in [0.1, 0.15) is 47.1 Å². The summed E-state index contributed by atoms with van der Waals surface area (Å²) in [5, 5.41) is 2.07. The summed E-state index contributed by atoms with van der Waals surface area (Å²) in [6, 6.07) is 16.4. The highest BCUT2D eigenvalue weighted by Gasteiger charge is 2.34. The number of thiophene rings is 1. The summed E-state index contributed by atoms with van der Waals surface area (Å²) in [5.41, 5.74) is 1.65. The van der Waals surface area contributed by atoms with E-state index in [1.165, 1.54) is 4.88 Å². The van der Waals surface area contributed by atoms with Gasteiger partial charge in [0.25, 0.3) is 5.91 Å². The smallest absolute Gasteiger partial charge is 0.254 e. The van der Waals surface area contributed by atoms with Gasteiger partial charge in [0.2, 0.25) is 5.91 Å². The summed E-state index contributed by atoms with van der Waals surface area (Å²) in [6.45, 7) is 5.60. The molecule has 1 aliphatic rings. The first-order valence-electron chi connectivity index (χ1n) is 13.0. The minimum Gasteiger partial charge on any atom is -0.497 e. The summed E-state index contributed by atoms with van der Waals surface area (Å²) in [5.74, 6) is 2.00. The molecule has 0 saturated carbocycles. The molecule has 0 N–H and O–H groups in total. The Labute approximate surface area is 228 Å². The fraction of sp³-hybridized carbons (Fsp3) is 0.400. The number of methoxy groups -OCH3 is 2. The van der Waals surface area contributed by atoms with E-state index in [1.807, 2.05) is 29.2 Å². The molecule has 0 radical (unpaired) electrons. The highest BCUT2D eigenvalue weighted by Crippen LogP contribution is 2.35. The molecular weight excluding hydrogens is 500 g/mol. The lowest BCUT2D eigenvalue weighted by molar-refractivity contribution is -0.135. The third-order valence-electron chi connectivity index (χ3n) is 7.06. The van der Waals surface area contributed by atoms with Gasteiger partial charge in [0, 0.05) is 23.5 Å². The maximum Gasteiger partial charge on any atom is 0.254 e. The van der Waals surface area contributed by atoms with E-state index < -0.39 is 0 Å². The molecule has 0 bridgehead atoms. The lowest BCUT2D eigenvalue weighted by Crippen LogP contribution is -2.48. The lowest BCUT2D eigenvalue weighted by atomic mass is 10.00. The minimum atomic E-state index is -0.246. The van der Waals surface area contributed by atoms with Gasteiger partial charge in [0.1, 0.15) is 18.9 Å². The molecule has 4 rings (SSSR count). The Balaban J connectivity index is 1.55. The molecule has 2 aromatic carbocycles. The Bertz CT molecular complexity index is 1230. The van der Waals surface area contributed by atoms with Crippen LogP contribution in [0.4, 0.5) is 0 Å². The molecule has 1 aliphatic heterocycles. The first-order valence-corrected chi connectivity index (χ1v) is 13.9. The second-order valence-electron chi connectivity index (χ2n) is 9.54. The van der Waals surface area contributed by atoms with Crippen LogP contribution in [-0.2, 0) is 11.2 Å². The number of hydrogen-bond acceptors (Lipinski definition) is 6. The van der Waals surface area contributed by atoms with Crippen LogP contribution in [0.5, 0.6) is 17.2 Å². The van der Waals surface area contributed by atoms with Crippen molar-refractivity contribution in [1.82, 2.24) is 9.80 Å². The average Bonchev–Trinajstić information content (AvgIpc) is 3.44. The van der Waals surface area contributed by atoms with Gasteiger partial charge in [-0.15, -0.1) is 11.3 Å². The molecule has 38 heavy (non-hydrogen) atoms. The fourth-order valence-corrected chi connectivity index (χ4v) is 5.60. The number of amides is 2. The highest BCUT2D eigenvalue weighted by atomic mass is 32.1. The van der Waals surface area contributed by atoms with Crippen LogP contribution in [-0.4, -0.2) is 62.1 Å². The van der Waals surface area contributed by atoms with Crippen LogP contribution in [0.25, 0.3) is 0 Å². The maximum atomic E-state index is 13.8. The van der Waals surface area contributed by atoms with Crippen molar-refractivity contribution in [3.05, 3.63) is 76.0 Å². The van der Waals surface area contributed by atoms with Gasteiger partial charge >= 0.3 is 0 Å². The molecule has 202 valence electrons. The van der Waals surface area contributed by atoms with E-state index >= 15 is 0 Å². The zero-order valence-corrected chi connectivity index (χ0v) is 23.3. The number of rotatable bonds is 11. The molecule has 0 saturated heterocycles. The standard InChI is InChI=1S/C30H36N2O5S/c1-5-21(2)18-31(30(34)22-10-12-23(35-3)13-11-22)19-29(33)32-16-14-28-24(15-17-38-28)25(32)20-37-27-9-7-6-8-26(27)36-4/h6-13,15,17,21,25H,5,14,16,18-20H2,1-4H3/t21-,25+/m1/s1. The van der Waals surface area contributed by atoms with E-state index in [4.69, 9.17) is 14.2 Å². The predicted octanol–water partition coefficient (Wildman–Crippen LogP) is 5.46. The van der Waals surface area contributed by atoms with E-state index in [9.17, 15) is 9.59 Å². The van der Waals surface area contributed by atoms with Crippen molar-refractivity contribution >= 4 is 23.2 Å². The molecule has 2 atom stereocenters. The fourth-order valence-electron chi connectivity index (χ4n) is 4.68. The number of carbonyl (C=O) groups is 2. The van der Waals surface area contributed by atoms with E-state index in [2.05, 4.69) is 25.3 Å². The van der Waals surface area contributed by atoms with Gasteiger partial charge in [-0.2, -0.15) is 0 Å². The van der Waals surface area contributed by atoms with Crippen molar-refractivity contribution in [2.24, 2.45) is 5.92 Å². The summed E-state index contributed by atoms with van der Waals surface area (Å²) in [6.07, 6.45) is 1.71. The van der Waals surface area contributed by atoms with Crippen LogP contribution in [0.2, 0.25) is 0 Å². The summed E-state index contributed by atoms with van der Waals surface area (Å²) in [4.78, 5) is 32.2. The van der Waals surface area contributed by atoms with Crippen molar-refractivity contribution in [2.45, 2.75) is 32.7 Å². The van der Waals surface area contributed by atoms with Crippen LogP contribution in [0.3, 0.4) is 0 Å². The molecule has 0 unspecified atom stereocenters. The van der Waals surface area contributed by atoms with E-state index in [1.54, 1.807) is 54.7 Å². The molecule has 8 heteroatoms. The van der Waals surface area contributed by atoms with Gasteiger partial charge in [-0.1, -0.05) is 32.4 Å². The third-order valence-corrected chi connectivity index (χ3v) is 8.06. The van der Waals surface area contributed by atoms with Crippen molar-refractivity contribution in [2.75, 3.05) is 40.5 Å². The molecular formula is C30H36N2O5S. The molecule has 3 aromatic rings. The number of nitrogens with zero attached hydrogens (tertiary/aromatic N) is 2. The zero-order chi connectivity index (χ0) is 27.1. The molecule has 0 spiro atoms. The Morgan fingerprint density at radius 1 is 1.05 bits per heavy atom. The Kier molecular flexibility index (Phi) is 9.29. The molecule has 0 aliphatic carbocycles. The summed E-state index contributed by atoms with van der Waals surface area (Å²) in [7, 11) is 3.21. The van der Waals surface area contributed by atoms with Gasteiger partial charge in [-0.05, 0) is 65.7 Å². The number of para-hydroxylation sites is 2. The average molecular weight is 537 g/mol. The Morgan fingerprint density at radius 2 is 1.79 bits per heavy atom. The quantitative estimate of drug-likeness (QED) is 0.326. The number of hydrogen-bond donors (Lipinski definition) is 0. The van der Waals surface area contributed by atoms with Crippen molar-refractivity contribution in [1.29, 1.82) is 0 Å². The van der Waals surface area contributed by atoms with E-state index in [0.717, 1.165) is 18.4 Å². The SMILES string of the molecule is CC[C@@H](C)CN(CC(=O)N1CCc2sccc2[C@@H]1COc1ccccc1OC)C(=O)c1ccc(OC)cc1. The second kappa shape index (κ2) is 12.8. The zero-order valence-electron chi connectivity index (χ0n) is 22.5. The third kappa shape index (κ3) is 6.30. The van der Waals surface area contributed by atoms with Crippen molar-refractivity contribution < 1.29 is 23.8 Å². The van der Waals surface area contributed by atoms with Crippen LogP contribution >= 0.6 is 11.3 Å². The van der Waals surface area contributed by atoms with Crippen molar-refractivity contribution in [3.8, 4) is 17.2 Å². The van der Waals surface area contributed by atoms with Crippen LogP contribution in [0.15, 0.2) is 60.0 Å². The molecule has 7 nitrogen and oxygen atoms in total. The van der Waals surface area contributed by atoms with Crippen LogP contribution in [0, 0.1) is 5.92 Å². The van der Waals surface area contributed by atoms with Gasteiger partial charge < -0.3 is 24.0 Å². The number of benzene rings is 2. The summed E-state index contributed by atoms with van der Waals surface area (Å²) < 4.78 is 16.9. The normalized spacial score (nSPS) is 15.4. The minimum absolute atomic E-state index is 0.0137. The maximum absolute atomic E-state index is 13.8. The first kappa shape index (κ1) is 27.5. The van der Waals surface area contributed by atoms with Gasteiger partial charge in [-0.25, -0.2) is 0 Å². The van der Waals surface area contributed by atoms with Crippen LogP contribution < -0.4 is 14.2 Å². The molecule has 2 amide bonds.